The van der Waals surface area contributed by atoms with Gasteiger partial charge in [-0.3, -0.25) is 4.79 Å². The highest BCUT2D eigenvalue weighted by Gasteiger charge is 2.29. The van der Waals surface area contributed by atoms with Crippen LogP contribution in [0.1, 0.15) is 53.2 Å². The first-order valence-corrected chi connectivity index (χ1v) is 14.9. The van der Waals surface area contributed by atoms with Gasteiger partial charge in [0.05, 0.1) is 0 Å². The minimum absolute atomic E-state index is 0.00479. The first-order valence-electron chi connectivity index (χ1n) is 14.5. The minimum Gasteiger partial charge on any atom is -0.486 e. The summed E-state index contributed by atoms with van der Waals surface area (Å²) in [6, 6.07) is 17.2. The van der Waals surface area contributed by atoms with Gasteiger partial charge in [0.15, 0.2) is 11.5 Å². The molecular formula is C33H39ClFN3O3. The van der Waals surface area contributed by atoms with E-state index in [0.29, 0.717) is 42.9 Å². The lowest BCUT2D eigenvalue weighted by Gasteiger charge is -2.42. The Kier molecular flexibility index (Phi) is 9.35. The fraction of sp³-hybridized carbons (Fsp3) is 0.424. The molecule has 5 rings (SSSR count). The summed E-state index contributed by atoms with van der Waals surface area (Å²) in [5.41, 5.74) is 4.32. The summed E-state index contributed by atoms with van der Waals surface area (Å²) in [6.45, 7) is 10.1. The third kappa shape index (κ3) is 6.96. The third-order valence-corrected chi connectivity index (χ3v) is 8.56. The number of carbonyl (C=O) groups excluding carboxylic acids is 1. The van der Waals surface area contributed by atoms with Crippen molar-refractivity contribution >= 4 is 23.2 Å². The van der Waals surface area contributed by atoms with Crippen LogP contribution in [0, 0.1) is 19.7 Å². The number of rotatable bonds is 9. The fourth-order valence-electron chi connectivity index (χ4n) is 5.97. The maximum absolute atomic E-state index is 14.8. The van der Waals surface area contributed by atoms with Gasteiger partial charge in [0.2, 0.25) is 0 Å². The maximum Gasteiger partial charge on any atom is 0.251 e. The number of nitrogens with one attached hydrogen (secondary N) is 1. The summed E-state index contributed by atoms with van der Waals surface area (Å²) in [4.78, 5) is 17.6. The van der Waals surface area contributed by atoms with E-state index < -0.39 is 0 Å². The molecular weight excluding hydrogens is 541 g/mol. The zero-order valence-corrected chi connectivity index (χ0v) is 24.8. The van der Waals surface area contributed by atoms with Gasteiger partial charge >= 0.3 is 0 Å². The first-order chi connectivity index (χ1) is 19.8. The summed E-state index contributed by atoms with van der Waals surface area (Å²) in [5, 5.41) is 3.64. The van der Waals surface area contributed by atoms with E-state index in [1.165, 1.54) is 6.07 Å². The van der Waals surface area contributed by atoms with Crippen LogP contribution < -0.4 is 19.7 Å². The number of benzene rings is 3. The number of halogens is 2. The predicted molar refractivity (Wildman–Crippen MR) is 162 cm³/mol. The Morgan fingerprint density at radius 3 is 2.49 bits per heavy atom. The molecule has 8 heteroatoms. The smallest absolute Gasteiger partial charge is 0.251 e. The van der Waals surface area contributed by atoms with Gasteiger partial charge in [-0.2, -0.15) is 0 Å². The Labute approximate surface area is 247 Å². The molecule has 218 valence electrons. The highest BCUT2D eigenvalue weighted by atomic mass is 35.5. The van der Waals surface area contributed by atoms with Crippen LogP contribution in [-0.4, -0.2) is 55.7 Å². The molecule has 2 aliphatic heterocycles. The fourth-order valence-corrected chi connectivity index (χ4v) is 6.16. The van der Waals surface area contributed by atoms with Crippen molar-refractivity contribution in [1.29, 1.82) is 0 Å². The number of hydrogen-bond donors (Lipinski definition) is 1. The SMILES string of the molecule is Cc1cccc(C)c1C(=O)NCCC(C)N1CCC(N(Cc2cc(Cl)ccc2F)c2ccc3c(c2)OCCO3)CC1. The van der Waals surface area contributed by atoms with Gasteiger partial charge in [0.25, 0.3) is 5.91 Å². The van der Waals surface area contributed by atoms with Crippen molar-refractivity contribution in [2.45, 2.75) is 58.7 Å². The number of amides is 1. The van der Waals surface area contributed by atoms with Gasteiger partial charge in [-0.25, -0.2) is 4.39 Å². The predicted octanol–water partition coefficient (Wildman–Crippen LogP) is 6.55. The number of likely N-dealkylation sites (tertiary alicyclic amines) is 1. The van der Waals surface area contributed by atoms with Gasteiger partial charge in [-0.1, -0.05) is 29.8 Å². The molecule has 2 aliphatic rings. The Hall–Kier alpha value is -3.29. The molecule has 1 fully saturated rings. The molecule has 1 amide bonds. The van der Waals surface area contributed by atoms with Crippen molar-refractivity contribution in [3.05, 3.63) is 87.7 Å². The van der Waals surface area contributed by atoms with E-state index in [1.807, 2.05) is 50.2 Å². The lowest BCUT2D eigenvalue weighted by atomic mass is 9.99. The molecule has 1 atom stereocenters. The highest BCUT2D eigenvalue weighted by molar-refractivity contribution is 6.30. The summed E-state index contributed by atoms with van der Waals surface area (Å²) in [7, 11) is 0. The van der Waals surface area contributed by atoms with Crippen LogP contribution in [0.15, 0.2) is 54.6 Å². The standard InChI is InChI=1S/C33H39ClFN3O3/c1-22-5-4-6-23(2)32(22)33(39)36-14-11-24(3)37-15-12-27(13-16-37)38(21-25-19-26(34)7-9-29(25)35)28-8-10-30-31(20-28)41-18-17-40-30/h4-10,19-20,24,27H,11-18,21H2,1-3H3,(H,36,39). The number of piperidine rings is 1. The molecule has 0 aromatic heterocycles. The molecule has 3 aromatic carbocycles. The molecule has 2 heterocycles. The molecule has 41 heavy (non-hydrogen) atoms. The molecule has 6 nitrogen and oxygen atoms in total. The number of ether oxygens (including phenoxy) is 2. The number of carbonyl (C=O) groups is 1. The van der Waals surface area contributed by atoms with Gasteiger partial charge in [-0.15, -0.1) is 0 Å². The van der Waals surface area contributed by atoms with Crippen molar-refractivity contribution in [2.75, 3.05) is 37.7 Å². The van der Waals surface area contributed by atoms with Crippen molar-refractivity contribution in [1.82, 2.24) is 10.2 Å². The Bertz CT molecular complexity index is 1360. The molecule has 0 radical (unpaired) electrons. The van der Waals surface area contributed by atoms with Crippen LogP contribution in [0.25, 0.3) is 0 Å². The van der Waals surface area contributed by atoms with Gasteiger partial charge < -0.3 is 24.6 Å². The number of fused-ring (bicyclic) bond motifs is 1. The average molecular weight is 580 g/mol. The van der Waals surface area contributed by atoms with E-state index in [0.717, 1.165) is 66.2 Å². The van der Waals surface area contributed by atoms with Crippen molar-refractivity contribution in [3.8, 4) is 11.5 Å². The number of nitrogens with zero attached hydrogens (tertiary/aromatic N) is 2. The van der Waals surface area contributed by atoms with E-state index in [-0.39, 0.29) is 17.8 Å². The zero-order chi connectivity index (χ0) is 28.9. The van der Waals surface area contributed by atoms with E-state index in [2.05, 4.69) is 22.0 Å². The van der Waals surface area contributed by atoms with E-state index >= 15 is 0 Å². The average Bonchev–Trinajstić information content (AvgIpc) is 2.97. The van der Waals surface area contributed by atoms with Crippen molar-refractivity contribution in [2.24, 2.45) is 0 Å². The zero-order valence-electron chi connectivity index (χ0n) is 24.1. The second-order valence-corrected chi connectivity index (χ2v) is 11.6. The molecule has 0 spiro atoms. The second-order valence-electron chi connectivity index (χ2n) is 11.1. The molecule has 0 aliphatic carbocycles. The molecule has 3 aromatic rings. The second kappa shape index (κ2) is 13.1. The highest BCUT2D eigenvalue weighted by Crippen LogP contribution is 2.37. The molecule has 0 bridgehead atoms. The summed E-state index contributed by atoms with van der Waals surface area (Å²) in [6.07, 6.45) is 2.76. The quantitative estimate of drug-likeness (QED) is 0.312. The van der Waals surface area contributed by atoms with E-state index in [1.54, 1.807) is 12.1 Å². The Morgan fingerprint density at radius 1 is 1.05 bits per heavy atom. The summed E-state index contributed by atoms with van der Waals surface area (Å²) < 4.78 is 26.4. The normalized spacial score (nSPS) is 16.3. The largest absolute Gasteiger partial charge is 0.486 e. The Morgan fingerprint density at radius 2 is 1.76 bits per heavy atom. The molecule has 1 unspecified atom stereocenters. The summed E-state index contributed by atoms with van der Waals surface area (Å²) in [5.74, 6) is 1.20. The molecule has 1 N–H and O–H groups in total. The van der Waals surface area contributed by atoms with Crippen molar-refractivity contribution in [3.63, 3.8) is 0 Å². The van der Waals surface area contributed by atoms with Crippen LogP contribution in [0.5, 0.6) is 11.5 Å². The lowest BCUT2D eigenvalue weighted by Crippen LogP contribution is -2.48. The minimum atomic E-state index is -0.258. The number of anilines is 1. The van der Waals surface area contributed by atoms with Crippen LogP contribution in [0.2, 0.25) is 5.02 Å². The number of hydrogen-bond acceptors (Lipinski definition) is 5. The van der Waals surface area contributed by atoms with Crippen LogP contribution in [-0.2, 0) is 6.54 Å². The topological polar surface area (TPSA) is 54.0 Å². The monoisotopic (exact) mass is 579 g/mol. The van der Waals surface area contributed by atoms with Gasteiger partial charge in [-0.05, 0) is 81.5 Å². The van der Waals surface area contributed by atoms with Gasteiger partial charge in [0, 0.05) is 66.2 Å². The summed E-state index contributed by atoms with van der Waals surface area (Å²) >= 11 is 6.24. The van der Waals surface area contributed by atoms with E-state index in [9.17, 15) is 9.18 Å². The van der Waals surface area contributed by atoms with Crippen LogP contribution in [0.3, 0.4) is 0 Å². The third-order valence-electron chi connectivity index (χ3n) is 8.32. The van der Waals surface area contributed by atoms with Gasteiger partial charge in [0.1, 0.15) is 19.0 Å². The van der Waals surface area contributed by atoms with Crippen molar-refractivity contribution < 1.29 is 18.7 Å². The number of aryl methyl sites for hydroxylation is 2. The van der Waals surface area contributed by atoms with Crippen LogP contribution >= 0.6 is 11.6 Å². The lowest BCUT2D eigenvalue weighted by molar-refractivity contribution is 0.0944. The first kappa shape index (κ1) is 29.2. The molecule has 0 saturated carbocycles. The maximum atomic E-state index is 14.8. The van der Waals surface area contributed by atoms with E-state index in [4.69, 9.17) is 21.1 Å². The Balaban J connectivity index is 1.22. The molecule has 1 saturated heterocycles. The van der Waals surface area contributed by atoms with Crippen LogP contribution in [0.4, 0.5) is 10.1 Å².